The average Bonchev–Trinajstić information content (AvgIpc) is 3.32. The summed E-state index contributed by atoms with van der Waals surface area (Å²) in [6, 6.07) is 13.0. The van der Waals surface area contributed by atoms with Gasteiger partial charge in [0.2, 0.25) is 0 Å². The van der Waals surface area contributed by atoms with Crippen LogP contribution in [0.3, 0.4) is 0 Å². The Balaban J connectivity index is 1.61. The Morgan fingerprint density at radius 2 is 1.85 bits per heavy atom. The first kappa shape index (κ1) is 13.1. The molecule has 2 fully saturated rings. The Morgan fingerprint density at radius 1 is 1.10 bits per heavy atom. The van der Waals surface area contributed by atoms with E-state index in [4.69, 9.17) is 5.26 Å². The number of hydrogen-bond acceptors (Lipinski definition) is 4. The van der Waals surface area contributed by atoms with Gasteiger partial charge in [-0.2, -0.15) is 10.5 Å². The third kappa shape index (κ3) is 2.82. The monoisotopic (exact) mass is 266 g/mol. The second kappa shape index (κ2) is 5.63. The number of rotatable bonds is 3. The van der Waals surface area contributed by atoms with Crippen molar-refractivity contribution in [1.82, 2.24) is 9.80 Å². The molecular formula is C16H18N4. The number of nitrogens with zero attached hydrogens (tertiary/aromatic N) is 4. The van der Waals surface area contributed by atoms with Gasteiger partial charge in [0.1, 0.15) is 6.04 Å². The van der Waals surface area contributed by atoms with Crippen LogP contribution in [0.1, 0.15) is 24.0 Å². The largest absolute Gasteiger partial charge is 0.295 e. The maximum Gasteiger partial charge on any atom is 0.111 e. The fourth-order valence-electron chi connectivity index (χ4n) is 2.90. The molecular weight excluding hydrogens is 248 g/mol. The lowest BCUT2D eigenvalue weighted by molar-refractivity contribution is 0.0898. The summed E-state index contributed by atoms with van der Waals surface area (Å²) < 4.78 is 0. The van der Waals surface area contributed by atoms with E-state index < -0.39 is 0 Å². The van der Waals surface area contributed by atoms with Gasteiger partial charge in [-0.15, -0.1) is 0 Å². The summed E-state index contributed by atoms with van der Waals surface area (Å²) in [6.45, 7) is 3.71. The molecule has 1 aliphatic heterocycles. The van der Waals surface area contributed by atoms with E-state index in [-0.39, 0.29) is 6.04 Å². The Morgan fingerprint density at radius 3 is 2.45 bits per heavy atom. The highest BCUT2D eigenvalue weighted by Gasteiger charge is 2.37. The van der Waals surface area contributed by atoms with Crippen molar-refractivity contribution in [3.63, 3.8) is 0 Å². The van der Waals surface area contributed by atoms with Gasteiger partial charge in [0.05, 0.1) is 17.7 Å². The fourth-order valence-corrected chi connectivity index (χ4v) is 2.90. The first-order valence-electron chi connectivity index (χ1n) is 7.17. The van der Waals surface area contributed by atoms with E-state index in [2.05, 4.69) is 21.9 Å². The van der Waals surface area contributed by atoms with Gasteiger partial charge in [0, 0.05) is 32.2 Å². The Bertz CT molecular complexity index is 547. The summed E-state index contributed by atoms with van der Waals surface area (Å²) in [5.74, 6) is 0. The van der Waals surface area contributed by atoms with E-state index in [1.807, 2.05) is 24.3 Å². The molecule has 1 heterocycles. The van der Waals surface area contributed by atoms with Crippen molar-refractivity contribution in [3.8, 4) is 12.1 Å². The number of benzene rings is 1. The van der Waals surface area contributed by atoms with Crippen LogP contribution in [0.4, 0.5) is 0 Å². The molecule has 4 heteroatoms. The summed E-state index contributed by atoms with van der Waals surface area (Å²) in [5.41, 5.74) is 1.91. The van der Waals surface area contributed by atoms with E-state index in [0.29, 0.717) is 11.6 Å². The number of nitriles is 2. The molecule has 1 unspecified atom stereocenters. The molecule has 1 atom stereocenters. The first-order valence-corrected chi connectivity index (χ1v) is 7.17. The molecule has 3 rings (SSSR count). The zero-order valence-corrected chi connectivity index (χ0v) is 11.5. The average molecular weight is 266 g/mol. The second-order valence-electron chi connectivity index (χ2n) is 5.66. The number of hydrogen-bond donors (Lipinski definition) is 0. The Hall–Kier alpha value is -1.88. The lowest BCUT2D eigenvalue weighted by atomic mass is 10.1. The second-order valence-corrected chi connectivity index (χ2v) is 5.66. The molecule has 1 aromatic carbocycles. The highest BCUT2D eigenvalue weighted by molar-refractivity contribution is 5.31. The van der Waals surface area contributed by atoms with Crippen molar-refractivity contribution in [1.29, 1.82) is 10.5 Å². The molecule has 1 aromatic rings. The molecule has 1 saturated heterocycles. The minimum Gasteiger partial charge on any atom is -0.295 e. The molecule has 0 aromatic heterocycles. The summed E-state index contributed by atoms with van der Waals surface area (Å²) in [5, 5.41) is 18.1. The van der Waals surface area contributed by atoms with E-state index in [1.165, 1.54) is 18.4 Å². The van der Waals surface area contributed by atoms with Crippen LogP contribution in [0.5, 0.6) is 0 Å². The molecule has 0 amide bonds. The maximum atomic E-state index is 9.34. The molecule has 2 aliphatic rings. The predicted octanol–water partition coefficient (Wildman–Crippen LogP) is 1.73. The van der Waals surface area contributed by atoms with Crippen LogP contribution in [0.2, 0.25) is 0 Å². The number of piperazine rings is 1. The Labute approximate surface area is 119 Å². The molecule has 0 bridgehead atoms. The fraction of sp³-hybridized carbons (Fsp3) is 0.500. The van der Waals surface area contributed by atoms with Crippen molar-refractivity contribution in [2.75, 3.05) is 19.6 Å². The van der Waals surface area contributed by atoms with E-state index in [1.54, 1.807) is 0 Å². The van der Waals surface area contributed by atoms with Gasteiger partial charge in [0.15, 0.2) is 0 Å². The minimum atomic E-state index is 0.0367. The highest BCUT2D eigenvalue weighted by Crippen LogP contribution is 2.30. The third-order valence-electron chi connectivity index (χ3n) is 4.16. The van der Waals surface area contributed by atoms with Crippen molar-refractivity contribution in [3.05, 3.63) is 35.4 Å². The van der Waals surface area contributed by atoms with Crippen molar-refractivity contribution in [2.24, 2.45) is 0 Å². The smallest absolute Gasteiger partial charge is 0.111 e. The molecule has 0 spiro atoms. The summed E-state index contributed by atoms with van der Waals surface area (Å²) >= 11 is 0. The molecule has 20 heavy (non-hydrogen) atoms. The molecule has 1 aliphatic carbocycles. The third-order valence-corrected chi connectivity index (χ3v) is 4.16. The molecule has 0 N–H and O–H groups in total. The summed E-state index contributed by atoms with van der Waals surface area (Å²) in [4.78, 5) is 4.71. The lowest BCUT2D eigenvalue weighted by Gasteiger charge is -2.38. The van der Waals surface area contributed by atoms with Crippen molar-refractivity contribution >= 4 is 0 Å². The quantitative estimate of drug-likeness (QED) is 0.836. The maximum absolute atomic E-state index is 9.34. The van der Waals surface area contributed by atoms with Crippen LogP contribution in [-0.4, -0.2) is 41.5 Å². The zero-order chi connectivity index (χ0) is 13.9. The standard InChI is InChI=1S/C16H18N4/c17-9-13-1-3-14(4-2-13)11-19-7-8-20(15-5-6-15)16(10-18)12-19/h1-4,15-16H,5-8,11-12H2. The van der Waals surface area contributed by atoms with Crippen LogP contribution in [0, 0.1) is 22.7 Å². The van der Waals surface area contributed by atoms with Gasteiger partial charge in [-0.3, -0.25) is 9.80 Å². The summed E-state index contributed by atoms with van der Waals surface area (Å²) in [6.07, 6.45) is 2.52. The Kier molecular flexibility index (Phi) is 3.69. The van der Waals surface area contributed by atoms with Crippen LogP contribution in [0.15, 0.2) is 24.3 Å². The molecule has 0 radical (unpaired) electrons. The van der Waals surface area contributed by atoms with Gasteiger partial charge in [-0.1, -0.05) is 12.1 Å². The van der Waals surface area contributed by atoms with Crippen LogP contribution >= 0.6 is 0 Å². The van der Waals surface area contributed by atoms with Gasteiger partial charge < -0.3 is 0 Å². The van der Waals surface area contributed by atoms with Gasteiger partial charge >= 0.3 is 0 Å². The minimum absolute atomic E-state index is 0.0367. The topological polar surface area (TPSA) is 54.1 Å². The zero-order valence-electron chi connectivity index (χ0n) is 11.5. The van der Waals surface area contributed by atoms with E-state index in [9.17, 15) is 5.26 Å². The normalized spacial score (nSPS) is 24.0. The van der Waals surface area contributed by atoms with Crippen molar-refractivity contribution in [2.45, 2.75) is 31.5 Å². The van der Waals surface area contributed by atoms with Crippen LogP contribution < -0.4 is 0 Å². The van der Waals surface area contributed by atoms with Crippen molar-refractivity contribution < 1.29 is 0 Å². The first-order chi connectivity index (χ1) is 9.80. The highest BCUT2D eigenvalue weighted by atomic mass is 15.3. The van der Waals surface area contributed by atoms with E-state index >= 15 is 0 Å². The lowest BCUT2D eigenvalue weighted by Crippen LogP contribution is -2.52. The van der Waals surface area contributed by atoms with Gasteiger partial charge in [0.25, 0.3) is 0 Å². The molecule has 1 saturated carbocycles. The predicted molar refractivity (Wildman–Crippen MR) is 75.6 cm³/mol. The van der Waals surface area contributed by atoms with Gasteiger partial charge in [-0.05, 0) is 30.5 Å². The molecule has 4 nitrogen and oxygen atoms in total. The van der Waals surface area contributed by atoms with Crippen LogP contribution in [-0.2, 0) is 6.54 Å². The SMILES string of the molecule is N#Cc1ccc(CN2CCN(C3CC3)C(C#N)C2)cc1. The van der Waals surface area contributed by atoms with Crippen LogP contribution in [0.25, 0.3) is 0 Å². The van der Waals surface area contributed by atoms with E-state index in [0.717, 1.165) is 26.2 Å². The summed E-state index contributed by atoms with van der Waals surface area (Å²) in [7, 11) is 0. The molecule has 102 valence electrons. The van der Waals surface area contributed by atoms with Gasteiger partial charge in [-0.25, -0.2) is 0 Å².